The van der Waals surface area contributed by atoms with Gasteiger partial charge in [-0.05, 0) is 30.5 Å². The van der Waals surface area contributed by atoms with Crippen LogP contribution >= 0.6 is 7.52 Å². The summed E-state index contributed by atoms with van der Waals surface area (Å²) < 4.78 is 19.8. The number of nitrogens with one attached hydrogen (secondary N) is 1. The van der Waals surface area contributed by atoms with Crippen LogP contribution in [-0.4, -0.2) is 6.04 Å². The minimum atomic E-state index is -3.11. The standard InChI is InChI=1S/C20H22NO2P/c22-24(21-18-12-5-2-6-13-18)20-14-8-7-11-17(20)15-19(23-24)16-9-3-1-4-10-16/h1,3-4,7-11,14-15,18H,2,5-6,12-13H2,(H,21,22). The van der Waals surface area contributed by atoms with Gasteiger partial charge in [0.15, 0.2) is 0 Å². The molecule has 1 saturated carbocycles. The van der Waals surface area contributed by atoms with Crippen molar-refractivity contribution in [3.63, 3.8) is 0 Å². The number of hydrogen-bond donors (Lipinski definition) is 1. The molecule has 1 fully saturated rings. The number of benzene rings is 2. The molecule has 2 aromatic carbocycles. The van der Waals surface area contributed by atoms with E-state index in [1.54, 1.807) is 0 Å². The Hall–Kier alpha value is -1.83. The molecule has 1 heterocycles. The molecule has 24 heavy (non-hydrogen) atoms. The normalized spacial score (nSPS) is 23.9. The van der Waals surface area contributed by atoms with Crippen LogP contribution in [0.15, 0.2) is 54.6 Å². The fourth-order valence-corrected chi connectivity index (χ4v) is 5.76. The lowest BCUT2D eigenvalue weighted by Crippen LogP contribution is -2.34. The second-order valence-corrected chi connectivity index (χ2v) is 8.57. The van der Waals surface area contributed by atoms with E-state index in [9.17, 15) is 4.57 Å². The molecule has 0 saturated heterocycles. The zero-order valence-electron chi connectivity index (χ0n) is 13.7. The van der Waals surface area contributed by atoms with Crippen LogP contribution in [0.5, 0.6) is 0 Å². The quantitative estimate of drug-likeness (QED) is 0.804. The average molecular weight is 339 g/mol. The third-order valence-corrected chi connectivity index (χ3v) is 6.98. The molecule has 1 unspecified atom stereocenters. The summed E-state index contributed by atoms with van der Waals surface area (Å²) in [7, 11) is -3.11. The van der Waals surface area contributed by atoms with Crippen molar-refractivity contribution in [2.24, 2.45) is 0 Å². The monoisotopic (exact) mass is 339 g/mol. The molecule has 1 N–H and O–H groups in total. The highest BCUT2D eigenvalue weighted by Gasteiger charge is 2.36. The lowest BCUT2D eigenvalue weighted by atomic mass is 9.96. The Labute approximate surface area is 143 Å². The lowest BCUT2D eigenvalue weighted by Gasteiger charge is -2.32. The van der Waals surface area contributed by atoms with Gasteiger partial charge in [-0.25, -0.2) is 5.09 Å². The number of rotatable bonds is 3. The molecular weight excluding hydrogens is 317 g/mol. The van der Waals surface area contributed by atoms with Gasteiger partial charge in [0.1, 0.15) is 5.76 Å². The van der Waals surface area contributed by atoms with Gasteiger partial charge in [-0.15, -0.1) is 0 Å². The van der Waals surface area contributed by atoms with Gasteiger partial charge in [0.2, 0.25) is 0 Å². The molecule has 3 nitrogen and oxygen atoms in total. The molecule has 4 heteroatoms. The second-order valence-electron chi connectivity index (χ2n) is 6.54. The molecule has 2 aliphatic rings. The molecule has 1 aliphatic carbocycles. The minimum absolute atomic E-state index is 0.271. The summed E-state index contributed by atoms with van der Waals surface area (Å²) >= 11 is 0. The fraction of sp³-hybridized carbons (Fsp3) is 0.300. The van der Waals surface area contributed by atoms with Crippen LogP contribution in [0.1, 0.15) is 43.2 Å². The third kappa shape index (κ3) is 3.07. The largest absolute Gasteiger partial charge is 0.429 e. The predicted octanol–water partition coefficient (Wildman–Crippen LogP) is 4.96. The van der Waals surface area contributed by atoms with Crippen LogP contribution in [0.3, 0.4) is 0 Å². The Morgan fingerprint density at radius 2 is 1.62 bits per heavy atom. The second kappa shape index (κ2) is 6.58. The summed E-state index contributed by atoms with van der Waals surface area (Å²) in [6.07, 6.45) is 7.79. The molecule has 0 radical (unpaired) electrons. The summed E-state index contributed by atoms with van der Waals surface area (Å²) in [5, 5.41) is 4.17. The molecule has 0 amide bonds. The van der Waals surface area contributed by atoms with Gasteiger partial charge in [0.05, 0.1) is 5.30 Å². The molecule has 0 spiro atoms. The highest BCUT2D eigenvalue weighted by Crippen LogP contribution is 2.51. The summed E-state index contributed by atoms with van der Waals surface area (Å²) in [4.78, 5) is 0. The SMILES string of the molecule is O=P1(NC2CCCCC2)OC(c2ccccc2)=Cc2ccccc21. The highest BCUT2D eigenvalue weighted by molar-refractivity contribution is 7.65. The van der Waals surface area contributed by atoms with E-state index in [1.165, 1.54) is 19.3 Å². The van der Waals surface area contributed by atoms with Crippen molar-refractivity contribution in [3.05, 3.63) is 65.7 Å². The van der Waals surface area contributed by atoms with Gasteiger partial charge in [-0.3, -0.25) is 4.57 Å². The molecular formula is C20H22NO2P. The molecule has 0 bridgehead atoms. The summed E-state index contributed by atoms with van der Waals surface area (Å²) in [6, 6.07) is 18.0. The minimum Gasteiger partial charge on any atom is -0.429 e. The Morgan fingerprint density at radius 3 is 2.42 bits per heavy atom. The first kappa shape index (κ1) is 15.7. The Bertz CT molecular complexity index is 794. The molecule has 1 aliphatic heterocycles. The van der Waals surface area contributed by atoms with Crippen LogP contribution in [0.4, 0.5) is 0 Å². The first-order chi connectivity index (χ1) is 11.7. The maximum atomic E-state index is 13.7. The number of fused-ring (bicyclic) bond motifs is 1. The van der Waals surface area contributed by atoms with Crippen molar-refractivity contribution in [1.82, 2.24) is 5.09 Å². The Balaban J connectivity index is 1.72. The van der Waals surface area contributed by atoms with E-state index in [-0.39, 0.29) is 6.04 Å². The van der Waals surface area contributed by atoms with Gasteiger partial charge >= 0.3 is 7.52 Å². The van der Waals surface area contributed by atoms with E-state index in [1.807, 2.05) is 60.7 Å². The van der Waals surface area contributed by atoms with Crippen LogP contribution in [0, 0.1) is 0 Å². The molecule has 4 rings (SSSR count). The van der Waals surface area contributed by atoms with Crippen molar-refractivity contribution in [2.45, 2.75) is 38.1 Å². The maximum absolute atomic E-state index is 13.7. The van der Waals surface area contributed by atoms with E-state index in [0.29, 0.717) is 5.76 Å². The third-order valence-electron chi connectivity index (χ3n) is 4.78. The molecule has 2 aromatic rings. The molecule has 0 aromatic heterocycles. The fourth-order valence-electron chi connectivity index (χ4n) is 3.54. The van der Waals surface area contributed by atoms with Crippen LogP contribution in [0.25, 0.3) is 11.8 Å². The van der Waals surface area contributed by atoms with Crippen LogP contribution in [0.2, 0.25) is 0 Å². The van der Waals surface area contributed by atoms with Crippen molar-refractivity contribution in [1.29, 1.82) is 0 Å². The first-order valence-electron chi connectivity index (χ1n) is 8.69. The van der Waals surface area contributed by atoms with E-state index in [2.05, 4.69) is 5.09 Å². The summed E-state index contributed by atoms with van der Waals surface area (Å²) in [5.41, 5.74) is 1.94. The predicted molar refractivity (Wildman–Crippen MR) is 99.1 cm³/mol. The van der Waals surface area contributed by atoms with E-state index >= 15 is 0 Å². The Kier molecular flexibility index (Phi) is 4.30. The van der Waals surface area contributed by atoms with Gasteiger partial charge in [-0.2, -0.15) is 0 Å². The van der Waals surface area contributed by atoms with Crippen molar-refractivity contribution >= 4 is 24.7 Å². The van der Waals surface area contributed by atoms with Gasteiger partial charge < -0.3 is 4.52 Å². The van der Waals surface area contributed by atoms with Gasteiger partial charge in [-0.1, -0.05) is 67.8 Å². The van der Waals surface area contributed by atoms with Gasteiger partial charge in [0, 0.05) is 11.6 Å². The highest BCUT2D eigenvalue weighted by atomic mass is 31.2. The summed E-state index contributed by atoms with van der Waals surface area (Å²) in [6.45, 7) is 0. The van der Waals surface area contributed by atoms with Gasteiger partial charge in [0.25, 0.3) is 0 Å². The van der Waals surface area contributed by atoms with Crippen LogP contribution in [-0.2, 0) is 9.09 Å². The topological polar surface area (TPSA) is 38.3 Å². The van der Waals surface area contributed by atoms with Crippen molar-refractivity contribution in [2.75, 3.05) is 0 Å². The zero-order valence-corrected chi connectivity index (χ0v) is 14.5. The smallest absolute Gasteiger partial charge is 0.347 e. The van der Waals surface area contributed by atoms with Crippen LogP contribution < -0.4 is 10.4 Å². The lowest BCUT2D eigenvalue weighted by molar-refractivity contribution is 0.386. The molecule has 1 atom stereocenters. The molecule has 124 valence electrons. The van der Waals surface area contributed by atoms with E-state index in [0.717, 1.165) is 29.3 Å². The van der Waals surface area contributed by atoms with Crippen molar-refractivity contribution < 1.29 is 9.09 Å². The zero-order chi connectivity index (χ0) is 16.4. The Morgan fingerprint density at radius 1 is 0.917 bits per heavy atom. The maximum Gasteiger partial charge on any atom is 0.347 e. The van der Waals surface area contributed by atoms with E-state index < -0.39 is 7.52 Å². The van der Waals surface area contributed by atoms with Crippen molar-refractivity contribution in [3.8, 4) is 0 Å². The summed E-state index contributed by atoms with van der Waals surface area (Å²) in [5.74, 6) is 0.681. The van der Waals surface area contributed by atoms with E-state index in [4.69, 9.17) is 4.52 Å². The first-order valence-corrected chi connectivity index (χ1v) is 10.3. The number of hydrogen-bond acceptors (Lipinski definition) is 2. The average Bonchev–Trinajstić information content (AvgIpc) is 2.63.